The Kier molecular flexibility index (Phi) is 3.23. The van der Waals surface area contributed by atoms with Crippen LogP contribution >= 0.6 is 23.4 Å². The summed E-state index contributed by atoms with van der Waals surface area (Å²) in [5, 5.41) is 9.49. The van der Waals surface area contributed by atoms with Crippen molar-refractivity contribution in [3.05, 3.63) is 29.3 Å². The van der Waals surface area contributed by atoms with Crippen LogP contribution in [0.4, 0.5) is 0 Å². The SMILES string of the molecule is N#CCC1(CSc2cccc(Cl)c2)CC1. The van der Waals surface area contributed by atoms with Crippen molar-refractivity contribution >= 4 is 23.4 Å². The van der Waals surface area contributed by atoms with Crippen LogP contribution in [0.3, 0.4) is 0 Å². The first-order valence-electron chi connectivity index (χ1n) is 4.99. The highest BCUT2D eigenvalue weighted by Crippen LogP contribution is 2.51. The zero-order valence-corrected chi connectivity index (χ0v) is 9.94. The Bertz CT molecular complexity index is 393. The molecule has 0 unspecified atom stereocenters. The molecule has 0 aliphatic heterocycles. The summed E-state index contributed by atoms with van der Waals surface area (Å²) in [6, 6.07) is 10.2. The maximum atomic E-state index is 8.70. The smallest absolute Gasteiger partial charge is 0.0627 e. The Morgan fingerprint density at radius 2 is 2.27 bits per heavy atom. The molecule has 1 aliphatic rings. The van der Waals surface area contributed by atoms with E-state index in [2.05, 4.69) is 12.1 Å². The van der Waals surface area contributed by atoms with E-state index in [0.29, 0.717) is 11.8 Å². The number of nitrogens with zero attached hydrogens (tertiary/aromatic N) is 1. The molecule has 1 aromatic rings. The maximum Gasteiger partial charge on any atom is 0.0627 e. The van der Waals surface area contributed by atoms with Gasteiger partial charge in [-0.2, -0.15) is 5.26 Å². The topological polar surface area (TPSA) is 23.8 Å². The molecule has 1 aromatic carbocycles. The van der Waals surface area contributed by atoms with Crippen molar-refractivity contribution < 1.29 is 0 Å². The van der Waals surface area contributed by atoms with Gasteiger partial charge in [0.25, 0.3) is 0 Å². The van der Waals surface area contributed by atoms with Gasteiger partial charge >= 0.3 is 0 Å². The van der Waals surface area contributed by atoms with Crippen LogP contribution in [0.25, 0.3) is 0 Å². The number of hydrogen-bond donors (Lipinski definition) is 0. The number of hydrogen-bond acceptors (Lipinski definition) is 2. The summed E-state index contributed by atoms with van der Waals surface area (Å²) in [5.41, 5.74) is 0.307. The predicted octanol–water partition coefficient (Wildman–Crippen LogP) is 4.13. The molecule has 1 fully saturated rings. The highest BCUT2D eigenvalue weighted by Gasteiger charge is 2.42. The number of benzene rings is 1. The van der Waals surface area contributed by atoms with Crippen LogP contribution in [0.15, 0.2) is 29.2 Å². The van der Waals surface area contributed by atoms with Gasteiger partial charge in [0.05, 0.1) is 6.07 Å². The van der Waals surface area contributed by atoms with E-state index in [1.165, 1.54) is 17.7 Å². The van der Waals surface area contributed by atoms with Crippen molar-refractivity contribution in [3.8, 4) is 6.07 Å². The quantitative estimate of drug-likeness (QED) is 0.736. The molecular weight excluding hydrogens is 226 g/mol. The molecule has 78 valence electrons. The van der Waals surface area contributed by atoms with Crippen LogP contribution in [0.2, 0.25) is 5.02 Å². The summed E-state index contributed by atoms with van der Waals surface area (Å²) in [6.45, 7) is 0. The summed E-state index contributed by atoms with van der Waals surface area (Å²) in [7, 11) is 0. The monoisotopic (exact) mass is 237 g/mol. The summed E-state index contributed by atoms with van der Waals surface area (Å²) in [6.07, 6.45) is 3.10. The van der Waals surface area contributed by atoms with E-state index in [-0.39, 0.29) is 0 Å². The van der Waals surface area contributed by atoms with Crippen LogP contribution in [0, 0.1) is 16.7 Å². The van der Waals surface area contributed by atoms with Gasteiger partial charge in [-0.15, -0.1) is 11.8 Å². The summed E-state index contributed by atoms with van der Waals surface area (Å²) >= 11 is 7.71. The van der Waals surface area contributed by atoms with Gasteiger partial charge in [-0.25, -0.2) is 0 Å². The molecular formula is C12H12ClNS. The largest absolute Gasteiger partial charge is 0.198 e. The number of halogens is 1. The van der Waals surface area contributed by atoms with Gasteiger partial charge < -0.3 is 0 Å². The normalized spacial score (nSPS) is 17.1. The Balaban J connectivity index is 1.91. The number of nitriles is 1. The highest BCUT2D eigenvalue weighted by atomic mass is 35.5. The molecule has 0 bridgehead atoms. The first-order chi connectivity index (χ1) is 7.24. The second-order valence-electron chi connectivity index (χ2n) is 4.08. The molecule has 15 heavy (non-hydrogen) atoms. The Morgan fingerprint density at radius 1 is 1.47 bits per heavy atom. The fourth-order valence-electron chi connectivity index (χ4n) is 1.51. The fraction of sp³-hybridized carbons (Fsp3) is 0.417. The van der Waals surface area contributed by atoms with E-state index < -0.39 is 0 Å². The first-order valence-corrected chi connectivity index (χ1v) is 6.36. The Labute approximate surface area is 99.4 Å². The molecule has 0 amide bonds. The minimum Gasteiger partial charge on any atom is -0.198 e. The third-order valence-electron chi connectivity index (χ3n) is 2.75. The van der Waals surface area contributed by atoms with Gasteiger partial charge in [0.2, 0.25) is 0 Å². The molecule has 1 saturated carbocycles. The molecule has 2 rings (SSSR count). The van der Waals surface area contributed by atoms with E-state index >= 15 is 0 Å². The van der Waals surface area contributed by atoms with Crippen molar-refractivity contribution in [2.45, 2.75) is 24.2 Å². The van der Waals surface area contributed by atoms with Crippen LogP contribution in [0.5, 0.6) is 0 Å². The number of rotatable bonds is 4. The van der Waals surface area contributed by atoms with E-state index in [9.17, 15) is 0 Å². The molecule has 0 N–H and O–H groups in total. The van der Waals surface area contributed by atoms with Gasteiger partial charge in [-0.1, -0.05) is 17.7 Å². The van der Waals surface area contributed by atoms with Gasteiger partial charge in [-0.05, 0) is 36.5 Å². The lowest BCUT2D eigenvalue weighted by molar-refractivity contribution is 0.604. The average molecular weight is 238 g/mol. The summed E-state index contributed by atoms with van der Waals surface area (Å²) in [4.78, 5) is 1.20. The van der Waals surface area contributed by atoms with E-state index in [0.717, 1.165) is 10.8 Å². The van der Waals surface area contributed by atoms with Crippen molar-refractivity contribution in [2.75, 3.05) is 5.75 Å². The predicted molar refractivity (Wildman–Crippen MR) is 64.1 cm³/mol. The Morgan fingerprint density at radius 3 is 2.87 bits per heavy atom. The summed E-state index contributed by atoms with van der Waals surface area (Å²) in [5.74, 6) is 1.04. The van der Waals surface area contributed by atoms with E-state index in [1.54, 1.807) is 0 Å². The lowest BCUT2D eigenvalue weighted by Gasteiger charge is -2.09. The molecule has 3 heteroatoms. The van der Waals surface area contributed by atoms with Gasteiger partial charge in [0.1, 0.15) is 0 Å². The van der Waals surface area contributed by atoms with E-state index in [4.69, 9.17) is 16.9 Å². The first kappa shape index (κ1) is 10.9. The highest BCUT2D eigenvalue weighted by molar-refractivity contribution is 7.99. The van der Waals surface area contributed by atoms with Crippen LogP contribution in [-0.2, 0) is 0 Å². The van der Waals surface area contributed by atoms with Gasteiger partial charge in [-0.3, -0.25) is 0 Å². The second-order valence-corrected chi connectivity index (χ2v) is 5.57. The standard InChI is InChI=1S/C12H12ClNS/c13-10-2-1-3-11(8-10)15-9-12(4-5-12)6-7-14/h1-3,8H,4-6,9H2. The van der Waals surface area contributed by atoms with Crippen LogP contribution < -0.4 is 0 Å². The lowest BCUT2D eigenvalue weighted by atomic mass is 10.1. The molecule has 0 heterocycles. The average Bonchev–Trinajstić information content (AvgIpc) is 2.97. The molecule has 0 aromatic heterocycles. The van der Waals surface area contributed by atoms with Crippen molar-refractivity contribution in [2.24, 2.45) is 5.41 Å². The van der Waals surface area contributed by atoms with E-state index in [1.807, 2.05) is 30.0 Å². The molecule has 0 spiro atoms. The Hall–Kier alpha value is -0.650. The molecule has 0 radical (unpaired) electrons. The third-order valence-corrected chi connectivity index (χ3v) is 4.33. The fourth-order valence-corrected chi connectivity index (χ4v) is 3.01. The van der Waals surface area contributed by atoms with Crippen LogP contribution in [-0.4, -0.2) is 5.75 Å². The minimum atomic E-state index is 0.307. The molecule has 0 saturated heterocycles. The molecule has 1 aliphatic carbocycles. The van der Waals surface area contributed by atoms with Gasteiger partial charge in [0, 0.05) is 22.1 Å². The molecule has 0 atom stereocenters. The van der Waals surface area contributed by atoms with Crippen molar-refractivity contribution in [1.29, 1.82) is 5.26 Å². The zero-order valence-electron chi connectivity index (χ0n) is 8.37. The third kappa shape index (κ3) is 2.90. The van der Waals surface area contributed by atoms with Gasteiger partial charge in [0.15, 0.2) is 0 Å². The lowest BCUT2D eigenvalue weighted by Crippen LogP contribution is -2.02. The zero-order chi connectivity index (χ0) is 10.7. The second kappa shape index (κ2) is 4.47. The molecule has 1 nitrogen and oxygen atoms in total. The minimum absolute atomic E-state index is 0.307. The summed E-state index contributed by atoms with van der Waals surface area (Å²) < 4.78 is 0. The van der Waals surface area contributed by atoms with Crippen molar-refractivity contribution in [1.82, 2.24) is 0 Å². The van der Waals surface area contributed by atoms with Crippen LogP contribution in [0.1, 0.15) is 19.3 Å². The van der Waals surface area contributed by atoms with Crippen molar-refractivity contribution in [3.63, 3.8) is 0 Å². The maximum absolute atomic E-state index is 8.70. The number of thioether (sulfide) groups is 1.